The predicted molar refractivity (Wildman–Crippen MR) is 90.7 cm³/mol. The molecule has 1 aromatic rings. The van der Waals surface area contributed by atoms with E-state index >= 15 is 0 Å². The Bertz CT molecular complexity index is 720. The largest absolute Gasteiger partial charge is 0.534 e. The molecule has 0 spiro atoms. The maximum absolute atomic E-state index is 11.8. The van der Waals surface area contributed by atoms with Crippen molar-refractivity contribution in [1.82, 2.24) is 14.8 Å². The van der Waals surface area contributed by atoms with Crippen LogP contribution >= 0.6 is 0 Å². The van der Waals surface area contributed by atoms with Gasteiger partial charge >= 0.3 is 6.16 Å². The molecule has 0 bridgehead atoms. The first-order chi connectivity index (χ1) is 12.1. The highest BCUT2D eigenvalue weighted by atomic mass is 16.8. The predicted octanol–water partition coefficient (Wildman–Crippen LogP) is 2.07. The van der Waals surface area contributed by atoms with Gasteiger partial charge in [0.2, 0.25) is 0 Å². The van der Waals surface area contributed by atoms with Crippen LogP contribution in [0, 0.1) is 0 Å². The number of ether oxygens (including phenoxy) is 1. The average molecular weight is 364 g/mol. The number of rotatable bonds is 3. The van der Waals surface area contributed by atoms with Crippen molar-refractivity contribution < 1.29 is 24.0 Å². The Hall–Kier alpha value is -2.58. The first kappa shape index (κ1) is 18.2. The zero-order valence-corrected chi connectivity index (χ0v) is 15.2. The minimum Gasteiger partial charge on any atom is -0.429 e. The van der Waals surface area contributed by atoms with E-state index in [2.05, 4.69) is 5.10 Å². The van der Waals surface area contributed by atoms with E-state index in [1.807, 2.05) is 26.8 Å². The quantitative estimate of drug-likeness (QED) is 0.644. The molecule has 2 heterocycles. The van der Waals surface area contributed by atoms with E-state index in [1.54, 1.807) is 4.68 Å². The van der Waals surface area contributed by atoms with Crippen molar-refractivity contribution >= 4 is 23.8 Å². The number of nitrogens with zero attached hydrogens (tertiary/aromatic N) is 3. The van der Waals surface area contributed by atoms with Crippen LogP contribution in [0.4, 0.5) is 10.6 Å². The van der Waals surface area contributed by atoms with Crippen LogP contribution in [0.15, 0.2) is 6.07 Å². The zero-order valence-electron chi connectivity index (χ0n) is 15.2. The Morgan fingerprint density at radius 2 is 1.88 bits per heavy atom. The van der Waals surface area contributed by atoms with Gasteiger partial charge in [-0.3, -0.25) is 14.4 Å². The van der Waals surface area contributed by atoms with Crippen LogP contribution in [-0.4, -0.2) is 38.9 Å². The number of hydrogen-bond donors (Lipinski definition) is 1. The highest BCUT2D eigenvalue weighted by molar-refractivity contribution is 6.01. The number of anilines is 1. The summed E-state index contributed by atoms with van der Waals surface area (Å²) in [4.78, 5) is 39.5. The molecule has 3 rings (SSSR count). The van der Waals surface area contributed by atoms with Crippen LogP contribution in [0.3, 0.4) is 0 Å². The van der Waals surface area contributed by atoms with Crippen LogP contribution in [-0.2, 0) is 24.7 Å². The van der Waals surface area contributed by atoms with Gasteiger partial charge in [-0.2, -0.15) is 5.10 Å². The minimum atomic E-state index is -1.03. The van der Waals surface area contributed by atoms with Gasteiger partial charge in [0.1, 0.15) is 11.9 Å². The van der Waals surface area contributed by atoms with Gasteiger partial charge < -0.3 is 10.5 Å². The number of aromatic nitrogens is 2. The summed E-state index contributed by atoms with van der Waals surface area (Å²) in [6, 6.07) is 1.86. The van der Waals surface area contributed by atoms with Crippen molar-refractivity contribution in [1.29, 1.82) is 0 Å². The summed E-state index contributed by atoms with van der Waals surface area (Å²) in [7, 11) is 0. The van der Waals surface area contributed by atoms with Crippen molar-refractivity contribution in [2.24, 2.45) is 0 Å². The minimum absolute atomic E-state index is 0.0511. The van der Waals surface area contributed by atoms with Crippen LogP contribution in [0.1, 0.15) is 64.5 Å². The summed E-state index contributed by atoms with van der Waals surface area (Å²) in [6.07, 6.45) is 0.785. The summed E-state index contributed by atoms with van der Waals surface area (Å²) >= 11 is 0. The molecule has 0 radical (unpaired) electrons. The molecule has 0 unspecified atom stereocenters. The molecule has 26 heavy (non-hydrogen) atoms. The normalized spacial score (nSPS) is 23.6. The zero-order chi connectivity index (χ0) is 19.1. The van der Waals surface area contributed by atoms with Gasteiger partial charge in [-0.05, 0) is 40.0 Å². The standard InChI is InChI=1S/C17H24N4O5/c1-17(2,3)21-13(18)9-12(19-21)10-4-5-11(8-10)25-16(24)26-20-14(22)6-7-15(20)23/h9-11H,4-8,18H2,1-3H3/t10-,11+/m0/s1. The third-order valence-corrected chi connectivity index (χ3v) is 4.63. The maximum atomic E-state index is 11.8. The number of amides is 2. The number of hydrogen-bond acceptors (Lipinski definition) is 7. The van der Waals surface area contributed by atoms with Gasteiger partial charge in [0, 0.05) is 24.8 Å². The fourth-order valence-corrected chi connectivity index (χ4v) is 3.36. The fourth-order valence-electron chi connectivity index (χ4n) is 3.36. The number of imide groups is 1. The molecule has 2 N–H and O–H groups in total. The van der Waals surface area contributed by atoms with E-state index in [1.165, 1.54) is 0 Å². The van der Waals surface area contributed by atoms with Gasteiger partial charge in [0.15, 0.2) is 0 Å². The molecule has 2 amide bonds. The monoisotopic (exact) mass is 364 g/mol. The Morgan fingerprint density at radius 3 is 2.46 bits per heavy atom. The molecule has 9 nitrogen and oxygen atoms in total. The van der Waals surface area contributed by atoms with E-state index in [0.717, 1.165) is 12.1 Å². The van der Waals surface area contributed by atoms with Crippen LogP contribution in [0.25, 0.3) is 0 Å². The Morgan fingerprint density at radius 1 is 1.23 bits per heavy atom. The van der Waals surface area contributed by atoms with Gasteiger partial charge in [-0.1, -0.05) is 5.06 Å². The molecular weight excluding hydrogens is 340 g/mol. The molecule has 1 saturated carbocycles. The average Bonchev–Trinajstić information content (AvgIpc) is 3.22. The first-order valence-corrected chi connectivity index (χ1v) is 8.75. The van der Waals surface area contributed by atoms with Crippen molar-refractivity contribution in [3.63, 3.8) is 0 Å². The van der Waals surface area contributed by atoms with E-state index in [9.17, 15) is 14.4 Å². The van der Waals surface area contributed by atoms with Crippen molar-refractivity contribution in [3.05, 3.63) is 11.8 Å². The highest BCUT2D eigenvalue weighted by Gasteiger charge is 2.36. The van der Waals surface area contributed by atoms with E-state index in [-0.39, 0.29) is 30.4 Å². The molecule has 2 fully saturated rings. The number of carbonyl (C=O) groups is 3. The molecule has 1 saturated heterocycles. The molecule has 1 aliphatic carbocycles. The second-order valence-corrected chi connectivity index (χ2v) is 7.75. The summed E-state index contributed by atoms with van der Waals surface area (Å²) in [5.74, 6) is -0.324. The Balaban J connectivity index is 1.56. The molecule has 2 atom stereocenters. The van der Waals surface area contributed by atoms with Crippen LogP contribution in [0.2, 0.25) is 0 Å². The third kappa shape index (κ3) is 3.66. The lowest BCUT2D eigenvalue weighted by Crippen LogP contribution is -2.33. The van der Waals surface area contributed by atoms with Crippen molar-refractivity contribution in [2.45, 2.75) is 70.4 Å². The second kappa shape index (κ2) is 6.62. The lowest BCUT2D eigenvalue weighted by molar-refractivity contribution is -0.178. The van der Waals surface area contributed by atoms with Crippen molar-refractivity contribution in [3.8, 4) is 0 Å². The SMILES string of the molecule is CC(C)(C)n1nc([C@H]2CC[C@@H](OC(=O)ON3C(=O)CCC3=O)C2)cc1N. The summed E-state index contributed by atoms with van der Waals surface area (Å²) in [5.41, 5.74) is 6.72. The Labute approximate surface area is 151 Å². The summed E-state index contributed by atoms with van der Waals surface area (Å²) in [5, 5.41) is 5.09. The van der Waals surface area contributed by atoms with Crippen LogP contribution in [0.5, 0.6) is 0 Å². The number of carbonyl (C=O) groups excluding carboxylic acids is 3. The maximum Gasteiger partial charge on any atom is 0.534 e. The molecule has 1 aromatic heterocycles. The second-order valence-electron chi connectivity index (χ2n) is 7.75. The molecule has 1 aliphatic heterocycles. The highest BCUT2D eigenvalue weighted by Crippen LogP contribution is 2.37. The Kier molecular flexibility index (Phi) is 4.64. The number of nitrogens with two attached hydrogens (primary N) is 1. The topological polar surface area (TPSA) is 117 Å². The lowest BCUT2D eigenvalue weighted by atomic mass is 10.0. The number of hydroxylamine groups is 2. The number of nitrogen functional groups attached to an aromatic ring is 1. The van der Waals surface area contributed by atoms with Gasteiger partial charge in [0.25, 0.3) is 11.8 Å². The molecule has 142 valence electrons. The molecular formula is C17H24N4O5. The van der Waals surface area contributed by atoms with Crippen molar-refractivity contribution in [2.75, 3.05) is 5.73 Å². The van der Waals surface area contributed by atoms with Gasteiger partial charge in [-0.15, -0.1) is 0 Å². The lowest BCUT2D eigenvalue weighted by Gasteiger charge is -2.20. The smallest absolute Gasteiger partial charge is 0.429 e. The van der Waals surface area contributed by atoms with E-state index in [0.29, 0.717) is 23.7 Å². The fraction of sp³-hybridized carbons (Fsp3) is 0.647. The van der Waals surface area contributed by atoms with E-state index in [4.69, 9.17) is 15.3 Å². The first-order valence-electron chi connectivity index (χ1n) is 8.75. The van der Waals surface area contributed by atoms with E-state index < -0.39 is 18.0 Å². The summed E-state index contributed by atoms with van der Waals surface area (Å²) in [6.45, 7) is 6.08. The molecule has 0 aromatic carbocycles. The molecule has 2 aliphatic rings. The van der Waals surface area contributed by atoms with Gasteiger partial charge in [0.05, 0.1) is 11.2 Å². The van der Waals surface area contributed by atoms with Crippen LogP contribution < -0.4 is 5.73 Å². The third-order valence-electron chi connectivity index (χ3n) is 4.63. The molecule has 9 heteroatoms. The van der Waals surface area contributed by atoms with Gasteiger partial charge in [-0.25, -0.2) is 9.48 Å². The summed E-state index contributed by atoms with van der Waals surface area (Å²) < 4.78 is 7.04.